The van der Waals surface area contributed by atoms with Gasteiger partial charge < -0.3 is 24.4 Å². The summed E-state index contributed by atoms with van der Waals surface area (Å²) >= 11 is 0. The molecular weight excluding hydrogens is 448 g/mol. The van der Waals surface area contributed by atoms with Crippen molar-refractivity contribution in [1.82, 2.24) is 20.0 Å². The minimum Gasteiger partial charge on any atom is -0.463 e. The van der Waals surface area contributed by atoms with Crippen LogP contribution in [-0.2, 0) is 19.0 Å². The standard InChI is InChI=1S/C26H48N4O5/c1-25(2)16-21(27-24(32)35-19-22-18-29-8-10-30(22)11-9-29)17-26(3,20-25)7-6-23(31)34-15-14-33-13-12-28(4)5/h21-22H,6-20H2,1-5H3,(H,27,32). The van der Waals surface area contributed by atoms with Gasteiger partial charge in [-0.1, -0.05) is 20.8 Å². The number of alkyl carbamates (subject to hydrolysis) is 1. The Labute approximate surface area is 211 Å². The molecule has 4 fully saturated rings. The minimum absolute atomic E-state index is 0.0393. The summed E-state index contributed by atoms with van der Waals surface area (Å²) < 4.78 is 16.5. The highest BCUT2D eigenvalue weighted by Crippen LogP contribution is 2.48. The van der Waals surface area contributed by atoms with Crippen LogP contribution in [0.25, 0.3) is 0 Å². The van der Waals surface area contributed by atoms with Crippen LogP contribution in [-0.4, -0.2) is 119 Å². The zero-order valence-corrected chi connectivity index (χ0v) is 22.6. The molecular formula is C26H48N4O5. The summed E-state index contributed by atoms with van der Waals surface area (Å²) in [6.45, 7) is 14.7. The lowest BCUT2D eigenvalue weighted by Crippen LogP contribution is -2.62. The number of esters is 1. The normalized spacial score (nSPS) is 31.8. The second-order valence-corrected chi connectivity index (χ2v) is 12.1. The van der Waals surface area contributed by atoms with Crippen molar-refractivity contribution in [2.45, 2.75) is 65.0 Å². The summed E-state index contributed by atoms with van der Waals surface area (Å²) in [5.41, 5.74) is 0.0407. The summed E-state index contributed by atoms with van der Waals surface area (Å²) in [5, 5.41) is 3.13. The van der Waals surface area contributed by atoms with Crippen LogP contribution in [0.4, 0.5) is 4.79 Å². The number of hydrogen-bond donors (Lipinski definition) is 1. The van der Waals surface area contributed by atoms with Gasteiger partial charge >= 0.3 is 12.1 Å². The molecule has 3 aliphatic heterocycles. The number of carbonyl (C=O) groups excluding carboxylic acids is 2. The minimum atomic E-state index is -0.318. The lowest BCUT2D eigenvalue weighted by molar-refractivity contribution is -0.146. The fourth-order valence-corrected chi connectivity index (χ4v) is 6.23. The molecule has 3 heterocycles. The Bertz CT molecular complexity index is 695. The quantitative estimate of drug-likeness (QED) is 0.325. The van der Waals surface area contributed by atoms with E-state index in [9.17, 15) is 9.59 Å². The maximum atomic E-state index is 12.6. The van der Waals surface area contributed by atoms with Crippen LogP contribution in [0.15, 0.2) is 0 Å². The zero-order chi connectivity index (χ0) is 25.5. The number of piperazine rings is 3. The first kappa shape index (κ1) is 28.2. The van der Waals surface area contributed by atoms with E-state index in [1.54, 1.807) is 0 Å². The first-order valence-corrected chi connectivity index (χ1v) is 13.3. The lowest BCUT2D eigenvalue weighted by Gasteiger charge is -2.47. The SMILES string of the molecule is CN(C)CCOCCOC(=O)CCC1(C)CC(NC(=O)OCC2CN3CCN2CC3)CC(C)(C)C1. The Morgan fingerprint density at radius 1 is 1.00 bits per heavy atom. The van der Waals surface area contributed by atoms with Gasteiger partial charge in [0, 0.05) is 51.7 Å². The van der Waals surface area contributed by atoms with Gasteiger partial charge in [-0.3, -0.25) is 14.6 Å². The van der Waals surface area contributed by atoms with E-state index in [1.807, 2.05) is 14.1 Å². The molecule has 0 aromatic carbocycles. The summed E-state index contributed by atoms with van der Waals surface area (Å²) in [6, 6.07) is 0.352. The number of likely N-dealkylation sites (N-methyl/N-ethyl adjacent to an activating group) is 1. The van der Waals surface area contributed by atoms with Gasteiger partial charge in [0.05, 0.1) is 19.3 Å². The van der Waals surface area contributed by atoms with Crippen molar-refractivity contribution in [3.8, 4) is 0 Å². The molecule has 4 rings (SSSR count). The average Bonchev–Trinajstić information content (AvgIpc) is 2.78. The van der Waals surface area contributed by atoms with Crippen molar-refractivity contribution in [3.05, 3.63) is 0 Å². The molecule has 0 radical (unpaired) electrons. The van der Waals surface area contributed by atoms with E-state index in [-0.39, 0.29) is 28.9 Å². The maximum Gasteiger partial charge on any atom is 0.407 e. The third-order valence-corrected chi connectivity index (χ3v) is 7.67. The molecule has 1 N–H and O–H groups in total. The van der Waals surface area contributed by atoms with Crippen LogP contribution in [0, 0.1) is 10.8 Å². The van der Waals surface area contributed by atoms with E-state index in [0.29, 0.717) is 38.9 Å². The van der Waals surface area contributed by atoms with E-state index in [2.05, 4.69) is 40.8 Å². The first-order valence-electron chi connectivity index (χ1n) is 13.3. The highest BCUT2D eigenvalue weighted by atomic mass is 16.6. The molecule has 1 saturated carbocycles. The van der Waals surface area contributed by atoms with E-state index in [0.717, 1.165) is 65.0 Å². The molecule has 2 bridgehead atoms. The summed E-state index contributed by atoms with van der Waals surface area (Å²) in [6.07, 6.45) is 3.58. The van der Waals surface area contributed by atoms with Gasteiger partial charge in [0.15, 0.2) is 0 Å². The van der Waals surface area contributed by atoms with Gasteiger partial charge in [-0.25, -0.2) is 4.79 Å². The van der Waals surface area contributed by atoms with Crippen LogP contribution < -0.4 is 5.32 Å². The van der Waals surface area contributed by atoms with E-state index in [1.165, 1.54) is 0 Å². The predicted molar refractivity (Wildman–Crippen MR) is 135 cm³/mol. The van der Waals surface area contributed by atoms with Gasteiger partial charge in [0.25, 0.3) is 0 Å². The molecule has 1 aliphatic carbocycles. The van der Waals surface area contributed by atoms with Crippen molar-refractivity contribution in [3.63, 3.8) is 0 Å². The number of nitrogens with one attached hydrogen (secondary N) is 1. The van der Waals surface area contributed by atoms with Crippen molar-refractivity contribution in [2.75, 3.05) is 79.8 Å². The van der Waals surface area contributed by atoms with Crippen LogP contribution >= 0.6 is 0 Å². The predicted octanol–water partition coefficient (Wildman–Crippen LogP) is 2.20. The van der Waals surface area contributed by atoms with Crippen LogP contribution in [0.2, 0.25) is 0 Å². The monoisotopic (exact) mass is 496 g/mol. The first-order chi connectivity index (χ1) is 16.5. The molecule has 3 atom stereocenters. The largest absolute Gasteiger partial charge is 0.463 e. The molecule has 202 valence electrons. The Morgan fingerprint density at radius 2 is 1.74 bits per heavy atom. The number of hydrogen-bond acceptors (Lipinski definition) is 8. The smallest absolute Gasteiger partial charge is 0.407 e. The number of amides is 1. The third-order valence-electron chi connectivity index (χ3n) is 7.67. The highest BCUT2D eigenvalue weighted by molar-refractivity contribution is 5.69. The number of nitrogens with zero attached hydrogens (tertiary/aromatic N) is 3. The topological polar surface area (TPSA) is 83.6 Å². The second kappa shape index (κ2) is 12.7. The molecule has 3 unspecified atom stereocenters. The molecule has 1 amide bonds. The third kappa shape index (κ3) is 9.52. The summed E-state index contributed by atoms with van der Waals surface area (Å²) in [7, 11) is 3.99. The summed E-state index contributed by atoms with van der Waals surface area (Å²) in [5.74, 6) is -0.178. The van der Waals surface area contributed by atoms with Gasteiger partial charge in [-0.2, -0.15) is 0 Å². The van der Waals surface area contributed by atoms with Crippen LogP contribution in [0.3, 0.4) is 0 Å². The molecule has 9 heteroatoms. The van der Waals surface area contributed by atoms with Crippen LogP contribution in [0.1, 0.15) is 52.9 Å². The number of ether oxygens (including phenoxy) is 3. The van der Waals surface area contributed by atoms with Gasteiger partial charge in [-0.15, -0.1) is 0 Å². The fourth-order valence-electron chi connectivity index (χ4n) is 6.23. The highest BCUT2D eigenvalue weighted by Gasteiger charge is 2.42. The van der Waals surface area contributed by atoms with Gasteiger partial charge in [0.1, 0.15) is 13.2 Å². The Morgan fingerprint density at radius 3 is 2.40 bits per heavy atom. The number of carbonyl (C=O) groups is 2. The van der Waals surface area contributed by atoms with Crippen LogP contribution in [0.5, 0.6) is 0 Å². The Kier molecular flexibility index (Phi) is 10.2. The molecule has 35 heavy (non-hydrogen) atoms. The molecule has 0 aromatic heterocycles. The molecule has 9 nitrogen and oxygen atoms in total. The number of rotatable bonds is 12. The van der Waals surface area contributed by atoms with Crippen molar-refractivity contribution in [2.24, 2.45) is 10.8 Å². The average molecular weight is 497 g/mol. The molecule has 0 aromatic rings. The van der Waals surface area contributed by atoms with Gasteiger partial charge in [0.2, 0.25) is 0 Å². The van der Waals surface area contributed by atoms with Gasteiger partial charge in [-0.05, 0) is 50.6 Å². The van der Waals surface area contributed by atoms with E-state index in [4.69, 9.17) is 14.2 Å². The summed E-state index contributed by atoms with van der Waals surface area (Å²) in [4.78, 5) is 31.9. The Balaban J connectivity index is 1.37. The maximum absolute atomic E-state index is 12.6. The molecule has 0 spiro atoms. The molecule has 3 saturated heterocycles. The zero-order valence-electron chi connectivity index (χ0n) is 22.6. The number of fused-ring (bicyclic) bond motifs is 3. The van der Waals surface area contributed by atoms with E-state index >= 15 is 0 Å². The fraction of sp³-hybridized carbons (Fsp3) is 0.923. The van der Waals surface area contributed by atoms with Crippen molar-refractivity contribution < 1.29 is 23.8 Å². The van der Waals surface area contributed by atoms with Crippen molar-refractivity contribution >= 4 is 12.1 Å². The van der Waals surface area contributed by atoms with E-state index < -0.39 is 0 Å². The van der Waals surface area contributed by atoms with Crippen molar-refractivity contribution in [1.29, 1.82) is 0 Å². The Hall–Kier alpha value is -1.42. The lowest BCUT2D eigenvalue weighted by atomic mass is 9.61. The molecule has 4 aliphatic rings. The second-order valence-electron chi connectivity index (χ2n) is 12.1.